The Kier molecular flexibility index (Phi) is 6.71. The van der Waals surface area contributed by atoms with E-state index in [1.165, 1.54) is 18.3 Å². The molecule has 0 saturated heterocycles. The standard InChI is InChI=1S/C20H15Cl2N3O5/c1-12-2-3-13(8-16(12)22)18-7-5-15(30-18)10-23-24-20(26)11-29-19-6-4-14(21)9-17(19)25(27)28/h2-10H,11H2,1H3,(H,24,26)/b23-10-. The molecule has 0 bridgehead atoms. The van der Waals surface area contributed by atoms with E-state index < -0.39 is 17.4 Å². The molecule has 0 unspecified atom stereocenters. The normalized spacial score (nSPS) is 10.9. The minimum absolute atomic E-state index is 0.0732. The fourth-order valence-electron chi connectivity index (χ4n) is 2.42. The highest BCUT2D eigenvalue weighted by Crippen LogP contribution is 2.30. The molecule has 0 aliphatic rings. The molecular formula is C20H15Cl2N3O5. The molecule has 3 aromatic rings. The van der Waals surface area contributed by atoms with Crippen LogP contribution in [0.1, 0.15) is 11.3 Å². The highest BCUT2D eigenvalue weighted by Gasteiger charge is 2.16. The zero-order valence-corrected chi connectivity index (χ0v) is 17.1. The molecule has 0 fully saturated rings. The number of carbonyl (C=O) groups excluding carboxylic acids is 1. The molecule has 0 radical (unpaired) electrons. The van der Waals surface area contributed by atoms with Crippen molar-refractivity contribution in [1.29, 1.82) is 0 Å². The second-order valence-corrected chi connectivity index (χ2v) is 6.96. The third-order valence-corrected chi connectivity index (χ3v) is 4.58. The summed E-state index contributed by atoms with van der Waals surface area (Å²) in [6, 6.07) is 12.9. The first kappa shape index (κ1) is 21.4. The van der Waals surface area contributed by atoms with Gasteiger partial charge in [-0.15, -0.1) is 0 Å². The molecule has 0 aliphatic heterocycles. The van der Waals surface area contributed by atoms with Gasteiger partial charge in [-0.25, -0.2) is 5.43 Å². The Morgan fingerprint density at radius 1 is 1.23 bits per heavy atom. The van der Waals surface area contributed by atoms with Gasteiger partial charge in [0.25, 0.3) is 5.91 Å². The van der Waals surface area contributed by atoms with Gasteiger partial charge in [0.2, 0.25) is 0 Å². The molecule has 0 atom stereocenters. The van der Waals surface area contributed by atoms with Crippen molar-refractivity contribution in [3.05, 3.63) is 80.0 Å². The van der Waals surface area contributed by atoms with E-state index in [1.807, 2.05) is 19.1 Å². The van der Waals surface area contributed by atoms with Crippen molar-refractivity contribution < 1.29 is 18.9 Å². The number of hydrogen-bond acceptors (Lipinski definition) is 6. The number of furan rings is 1. The lowest BCUT2D eigenvalue weighted by Crippen LogP contribution is -2.24. The van der Waals surface area contributed by atoms with Crippen LogP contribution in [0.3, 0.4) is 0 Å². The molecule has 154 valence electrons. The van der Waals surface area contributed by atoms with Crippen molar-refractivity contribution in [2.75, 3.05) is 6.61 Å². The van der Waals surface area contributed by atoms with Gasteiger partial charge < -0.3 is 9.15 Å². The van der Waals surface area contributed by atoms with Crippen LogP contribution in [0, 0.1) is 17.0 Å². The summed E-state index contributed by atoms with van der Waals surface area (Å²) in [5.74, 6) is 0.336. The highest BCUT2D eigenvalue weighted by molar-refractivity contribution is 6.31. The van der Waals surface area contributed by atoms with E-state index >= 15 is 0 Å². The summed E-state index contributed by atoms with van der Waals surface area (Å²) in [7, 11) is 0. The van der Waals surface area contributed by atoms with Gasteiger partial charge in [-0.1, -0.05) is 35.3 Å². The number of nitrogens with zero attached hydrogens (tertiary/aromatic N) is 2. The maximum absolute atomic E-state index is 11.9. The molecule has 1 heterocycles. The van der Waals surface area contributed by atoms with Crippen LogP contribution in [0.2, 0.25) is 10.0 Å². The number of halogens is 2. The van der Waals surface area contributed by atoms with E-state index in [9.17, 15) is 14.9 Å². The fraction of sp³-hybridized carbons (Fsp3) is 0.100. The Balaban J connectivity index is 1.56. The molecule has 1 aromatic heterocycles. The third kappa shape index (κ3) is 5.37. The van der Waals surface area contributed by atoms with Gasteiger partial charge in [-0.2, -0.15) is 5.10 Å². The quantitative estimate of drug-likeness (QED) is 0.311. The minimum atomic E-state index is -0.646. The zero-order chi connectivity index (χ0) is 21.7. The SMILES string of the molecule is Cc1ccc(-c2ccc(/C=N\NC(=O)COc3ccc(Cl)cc3[N+](=O)[O-])o2)cc1Cl. The predicted molar refractivity (Wildman–Crippen MR) is 113 cm³/mol. The van der Waals surface area contributed by atoms with Crippen molar-refractivity contribution in [2.45, 2.75) is 6.92 Å². The zero-order valence-electron chi connectivity index (χ0n) is 15.6. The van der Waals surface area contributed by atoms with Crippen LogP contribution in [-0.4, -0.2) is 23.7 Å². The Bertz CT molecular complexity index is 1130. The van der Waals surface area contributed by atoms with E-state index in [2.05, 4.69) is 10.5 Å². The van der Waals surface area contributed by atoms with E-state index in [0.29, 0.717) is 16.5 Å². The van der Waals surface area contributed by atoms with Crippen LogP contribution in [0.25, 0.3) is 11.3 Å². The number of nitro benzene ring substituents is 1. The summed E-state index contributed by atoms with van der Waals surface area (Å²) < 4.78 is 10.8. The summed E-state index contributed by atoms with van der Waals surface area (Å²) in [5.41, 5.74) is 3.69. The van der Waals surface area contributed by atoms with Gasteiger partial charge in [-0.3, -0.25) is 14.9 Å². The number of rotatable bonds is 7. The first-order valence-corrected chi connectivity index (χ1v) is 9.34. The Hall–Kier alpha value is -3.36. The first-order valence-electron chi connectivity index (χ1n) is 8.58. The third-order valence-electron chi connectivity index (χ3n) is 3.94. The Morgan fingerprint density at radius 2 is 2.03 bits per heavy atom. The minimum Gasteiger partial charge on any atom is -0.477 e. The van der Waals surface area contributed by atoms with Crippen LogP contribution in [-0.2, 0) is 4.79 Å². The van der Waals surface area contributed by atoms with Crippen LogP contribution in [0.4, 0.5) is 5.69 Å². The lowest BCUT2D eigenvalue weighted by Gasteiger charge is -2.05. The van der Waals surface area contributed by atoms with E-state index in [1.54, 1.807) is 18.2 Å². The number of amides is 1. The fourth-order valence-corrected chi connectivity index (χ4v) is 2.77. The summed E-state index contributed by atoms with van der Waals surface area (Å²) in [5, 5.41) is 15.6. The maximum Gasteiger partial charge on any atom is 0.312 e. The monoisotopic (exact) mass is 447 g/mol. The van der Waals surface area contributed by atoms with Crippen molar-refractivity contribution >= 4 is 41.0 Å². The molecule has 2 aromatic carbocycles. The molecule has 8 nitrogen and oxygen atoms in total. The average molecular weight is 448 g/mol. The number of aryl methyl sites for hydroxylation is 1. The van der Waals surface area contributed by atoms with Gasteiger partial charge in [0.15, 0.2) is 12.4 Å². The summed E-state index contributed by atoms with van der Waals surface area (Å²) in [6.45, 7) is 1.44. The van der Waals surface area contributed by atoms with E-state index in [-0.39, 0.29) is 16.5 Å². The number of nitrogens with one attached hydrogen (secondary N) is 1. The second-order valence-electron chi connectivity index (χ2n) is 6.12. The lowest BCUT2D eigenvalue weighted by molar-refractivity contribution is -0.385. The van der Waals surface area contributed by atoms with Gasteiger partial charge >= 0.3 is 5.69 Å². The molecule has 0 spiro atoms. The Labute approximate surface area is 181 Å². The lowest BCUT2D eigenvalue weighted by atomic mass is 10.1. The molecule has 3 rings (SSSR count). The molecule has 10 heteroatoms. The molecule has 30 heavy (non-hydrogen) atoms. The van der Waals surface area contributed by atoms with Gasteiger partial charge in [-0.05, 0) is 42.8 Å². The average Bonchev–Trinajstić information content (AvgIpc) is 3.18. The predicted octanol–water partition coefficient (Wildman–Crippen LogP) is 5.00. The Morgan fingerprint density at radius 3 is 2.77 bits per heavy atom. The largest absolute Gasteiger partial charge is 0.477 e. The topological polar surface area (TPSA) is 107 Å². The molecular weight excluding hydrogens is 433 g/mol. The van der Waals surface area contributed by atoms with Gasteiger partial charge in [0.1, 0.15) is 11.5 Å². The van der Waals surface area contributed by atoms with Crippen LogP contribution in [0.5, 0.6) is 5.75 Å². The van der Waals surface area contributed by atoms with Crippen molar-refractivity contribution in [3.63, 3.8) is 0 Å². The van der Waals surface area contributed by atoms with Crippen molar-refractivity contribution in [3.8, 4) is 17.1 Å². The summed E-state index contributed by atoms with van der Waals surface area (Å²) in [4.78, 5) is 22.2. The smallest absolute Gasteiger partial charge is 0.312 e. The number of carbonyl (C=O) groups is 1. The number of hydrazone groups is 1. The number of hydrogen-bond donors (Lipinski definition) is 1. The number of ether oxygens (including phenoxy) is 1. The number of nitro groups is 1. The van der Waals surface area contributed by atoms with Crippen LogP contribution < -0.4 is 10.2 Å². The van der Waals surface area contributed by atoms with E-state index in [0.717, 1.165) is 17.2 Å². The first-order chi connectivity index (χ1) is 14.3. The summed E-state index contributed by atoms with van der Waals surface area (Å²) >= 11 is 11.9. The number of benzene rings is 2. The van der Waals surface area contributed by atoms with Crippen LogP contribution >= 0.6 is 23.2 Å². The molecule has 0 aliphatic carbocycles. The molecule has 1 N–H and O–H groups in total. The van der Waals surface area contributed by atoms with Gasteiger partial charge in [0, 0.05) is 21.7 Å². The molecule has 0 saturated carbocycles. The van der Waals surface area contributed by atoms with Gasteiger partial charge in [0.05, 0.1) is 11.1 Å². The maximum atomic E-state index is 11.9. The van der Waals surface area contributed by atoms with Crippen molar-refractivity contribution in [2.24, 2.45) is 5.10 Å². The van der Waals surface area contributed by atoms with Crippen molar-refractivity contribution in [1.82, 2.24) is 5.43 Å². The molecule has 1 amide bonds. The van der Waals surface area contributed by atoms with Crippen LogP contribution in [0.15, 0.2) is 58.0 Å². The second kappa shape index (κ2) is 9.43. The summed E-state index contributed by atoms with van der Waals surface area (Å²) in [6.07, 6.45) is 1.32. The highest BCUT2D eigenvalue weighted by atomic mass is 35.5. The van der Waals surface area contributed by atoms with E-state index in [4.69, 9.17) is 32.4 Å².